The Labute approximate surface area is 216 Å². The fraction of sp³-hybridized carbons (Fsp3) is 0.320. The van der Waals surface area contributed by atoms with Gasteiger partial charge in [0.25, 0.3) is 5.89 Å². The van der Waals surface area contributed by atoms with E-state index in [-0.39, 0.29) is 24.5 Å². The van der Waals surface area contributed by atoms with Crippen molar-refractivity contribution in [1.29, 1.82) is 0 Å². The number of piperazine rings is 1. The number of hydrogen-bond acceptors (Lipinski definition) is 6. The smallest absolute Gasteiger partial charge is 0.324 e. The van der Waals surface area contributed by atoms with E-state index in [9.17, 15) is 18.4 Å². The lowest BCUT2D eigenvalue weighted by molar-refractivity contribution is 0.116. The van der Waals surface area contributed by atoms with Crippen molar-refractivity contribution in [3.8, 4) is 11.5 Å². The largest absolute Gasteiger partial charge is 0.415 e. The van der Waals surface area contributed by atoms with E-state index in [2.05, 4.69) is 15.2 Å². The number of hydrogen-bond donors (Lipinski definition) is 0. The molecule has 0 aliphatic carbocycles. The number of para-hydroxylation sites is 1. The second kappa shape index (κ2) is 10.4. The minimum atomic E-state index is -2.85. The number of nitrogens with zero attached hydrogens (tertiary/aromatic N) is 8. The minimum absolute atomic E-state index is 0.0275. The van der Waals surface area contributed by atoms with Gasteiger partial charge in [0.2, 0.25) is 5.89 Å². The Hall–Kier alpha value is -4.55. The zero-order chi connectivity index (χ0) is 26.8. The van der Waals surface area contributed by atoms with Gasteiger partial charge in [-0.3, -0.25) is 4.90 Å². The third kappa shape index (κ3) is 5.12. The number of alkyl halides is 2. The summed E-state index contributed by atoms with van der Waals surface area (Å²) in [5, 5.41) is 7.06. The number of rotatable bonds is 5. The summed E-state index contributed by atoms with van der Waals surface area (Å²) in [6.07, 6.45) is 0.660. The molecule has 0 N–H and O–H groups in total. The van der Waals surface area contributed by atoms with Gasteiger partial charge in [0.15, 0.2) is 0 Å². The first kappa shape index (κ1) is 25.1. The van der Waals surface area contributed by atoms with E-state index in [1.807, 2.05) is 30.3 Å². The Morgan fingerprint density at radius 1 is 1.00 bits per heavy atom. The van der Waals surface area contributed by atoms with Crippen LogP contribution in [0.1, 0.15) is 18.0 Å². The van der Waals surface area contributed by atoms with Crippen molar-refractivity contribution in [1.82, 2.24) is 34.3 Å². The van der Waals surface area contributed by atoms with Gasteiger partial charge < -0.3 is 23.5 Å². The molecule has 0 saturated carbocycles. The van der Waals surface area contributed by atoms with Crippen LogP contribution in [0.25, 0.3) is 17.1 Å². The predicted octanol–water partition coefficient (Wildman–Crippen LogP) is 3.75. The minimum Gasteiger partial charge on any atom is -0.415 e. The van der Waals surface area contributed by atoms with Gasteiger partial charge in [-0.25, -0.2) is 14.6 Å². The van der Waals surface area contributed by atoms with Gasteiger partial charge in [-0.15, -0.1) is 10.2 Å². The number of urea groups is 2. The van der Waals surface area contributed by atoms with Gasteiger partial charge >= 0.3 is 18.5 Å². The highest BCUT2D eigenvalue weighted by Gasteiger charge is 2.29. The van der Waals surface area contributed by atoms with Crippen molar-refractivity contribution in [3.63, 3.8) is 0 Å². The number of carbonyl (C=O) groups is 2. The van der Waals surface area contributed by atoms with Crippen LogP contribution < -0.4 is 4.90 Å². The van der Waals surface area contributed by atoms with Crippen LogP contribution in [-0.4, -0.2) is 86.6 Å². The zero-order valence-electron chi connectivity index (χ0n) is 20.9. The first-order chi connectivity index (χ1) is 18.3. The lowest BCUT2D eigenvalue weighted by Gasteiger charge is -2.38. The second-order valence-electron chi connectivity index (χ2n) is 9.01. The van der Waals surface area contributed by atoms with E-state index >= 15 is 0 Å². The molecule has 1 fully saturated rings. The first-order valence-corrected chi connectivity index (χ1v) is 12.0. The zero-order valence-corrected chi connectivity index (χ0v) is 20.9. The molecule has 38 heavy (non-hydrogen) atoms. The van der Waals surface area contributed by atoms with Crippen LogP contribution in [0.15, 0.2) is 59.3 Å². The lowest BCUT2D eigenvalue weighted by Crippen LogP contribution is -2.55. The first-order valence-electron chi connectivity index (χ1n) is 12.0. The van der Waals surface area contributed by atoms with Gasteiger partial charge in [0.05, 0.1) is 12.2 Å². The molecule has 0 unspecified atom stereocenters. The van der Waals surface area contributed by atoms with Crippen LogP contribution in [0, 0.1) is 0 Å². The third-order valence-electron chi connectivity index (χ3n) is 6.21. The second-order valence-corrected chi connectivity index (χ2v) is 9.01. The number of aromatic nitrogens is 4. The molecule has 1 aliphatic rings. The summed E-state index contributed by atoms with van der Waals surface area (Å²) in [4.78, 5) is 37.2. The monoisotopic (exact) mass is 524 g/mol. The normalized spacial score (nSPS) is 13.8. The van der Waals surface area contributed by atoms with Gasteiger partial charge in [-0.05, 0) is 24.3 Å². The topological polar surface area (TPSA) is 103 Å². The highest BCUT2D eigenvalue weighted by Crippen LogP contribution is 2.25. The van der Waals surface area contributed by atoms with Gasteiger partial charge in [-0.1, -0.05) is 18.2 Å². The Balaban J connectivity index is 1.36. The number of halogens is 2. The number of pyridine rings is 1. The van der Waals surface area contributed by atoms with Gasteiger partial charge in [0.1, 0.15) is 5.65 Å². The summed E-state index contributed by atoms with van der Waals surface area (Å²) < 4.78 is 32.5. The van der Waals surface area contributed by atoms with Crippen molar-refractivity contribution in [3.05, 3.63) is 66.4 Å². The third-order valence-corrected chi connectivity index (χ3v) is 6.21. The molecular weight excluding hydrogens is 498 g/mol. The van der Waals surface area contributed by atoms with Crippen molar-refractivity contribution in [2.24, 2.45) is 0 Å². The summed E-state index contributed by atoms with van der Waals surface area (Å²) in [5.74, 6) is -0.770. The number of fused-ring (bicyclic) bond motifs is 1. The Morgan fingerprint density at radius 3 is 2.32 bits per heavy atom. The summed E-state index contributed by atoms with van der Waals surface area (Å²) in [6, 6.07) is 12.4. The standard InChI is InChI=1S/C25H26F2N8O3/c1-31(2)24(36)32-10-12-33(13-11-32)25(37)35(19-6-4-3-5-7-19)16-18-15-34-9-8-17(14-20(34)28-18)22-29-30-23(38-22)21(26)27/h3-9,14-15,21H,10-13,16H2,1-2H3. The van der Waals surface area contributed by atoms with E-state index in [1.165, 1.54) is 4.90 Å². The molecule has 4 amide bonds. The van der Waals surface area contributed by atoms with E-state index in [0.29, 0.717) is 48.8 Å². The lowest BCUT2D eigenvalue weighted by atomic mass is 10.2. The average Bonchev–Trinajstić information content (AvgIpc) is 3.58. The number of carbonyl (C=O) groups excluding carboxylic acids is 2. The predicted molar refractivity (Wildman–Crippen MR) is 134 cm³/mol. The fourth-order valence-electron chi connectivity index (χ4n) is 4.26. The van der Waals surface area contributed by atoms with Crippen LogP contribution in [0.3, 0.4) is 0 Å². The van der Waals surface area contributed by atoms with E-state index in [4.69, 9.17) is 4.42 Å². The number of amides is 4. The number of imidazole rings is 1. The van der Waals surface area contributed by atoms with E-state index in [0.717, 1.165) is 0 Å². The molecule has 13 heteroatoms. The molecule has 0 radical (unpaired) electrons. The van der Waals surface area contributed by atoms with Crippen LogP contribution in [0.4, 0.5) is 24.1 Å². The van der Waals surface area contributed by atoms with Crippen LogP contribution >= 0.6 is 0 Å². The molecule has 198 valence electrons. The highest BCUT2D eigenvalue weighted by atomic mass is 19.3. The molecule has 0 atom stereocenters. The molecule has 0 spiro atoms. The highest BCUT2D eigenvalue weighted by molar-refractivity contribution is 5.92. The molecule has 3 aromatic heterocycles. The molecular formula is C25H26F2N8O3. The Morgan fingerprint density at radius 2 is 1.68 bits per heavy atom. The molecule has 4 aromatic rings. The summed E-state index contributed by atoms with van der Waals surface area (Å²) >= 11 is 0. The van der Waals surface area contributed by atoms with Crippen molar-refractivity contribution < 1.29 is 22.8 Å². The van der Waals surface area contributed by atoms with Crippen LogP contribution in [0.2, 0.25) is 0 Å². The quantitative estimate of drug-likeness (QED) is 0.394. The molecule has 4 heterocycles. The van der Waals surface area contributed by atoms with Crippen molar-refractivity contribution in [2.45, 2.75) is 13.0 Å². The number of benzene rings is 1. The van der Waals surface area contributed by atoms with Gasteiger partial charge in [-0.2, -0.15) is 8.78 Å². The number of anilines is 1. The Kier molecular flexibility index (Phi) is 6.90. The SMILES string of the molecule is CN(C)C(=O)N1CCN(C(=O)N(Cc2cn3ccc(-c4nnc(C(F)F)o4)cc3n2)c2ccccc2)CC1. The maximum absolute atomic E-state index is 13.6. The maximum Gasteiger partial charge on any atom is 0.324 e. The Bertz CT molecular complexity index is 1430. The maximum atomic E-state index is 13.6. The van der Waals surface area contributed by atoms with Crippen molar-refractivity contribution >= 4 is 23.4 Å². The van der Waals surface area contributed by atoms with E-state index < -0.39 is 12.3 Å². The summed E-state index contributed by atoms with van der Waals surface area (Å²) in [5.41, 5.74) is 2.33. The molecule has 1 aliphatic heterocycles. The molecule has 11 nitrogen and oxygen atoms in total. The molecule has 0 bridgehead atoms. The fourth-order valence-corrected chi connectivity index (χ4v) is 4.26. The van der Waals surface area contributed by atoms with E-state index in [1.54, 1.807) is 57.7 Å². The average molecular weight is 525 g/mol. The van der Waals surface area contributed by atoms with Crippen molar-refractivity contribution in [2.75, 3.05) is 45.2 Å². The molecule has 1 saturated heterocycles. The van der Waals surface area contributed by atoms with Crippen LogP contribution in [0.5, 0.6) is 0 Å². The van der Waals surface area contributed by atoms with Crippen LogP contribution in [-0.2, 0) is 6.54 Å². The van der Waals surface area contributed by atoms with Gasteiger partial charge in [0, 0.05) is 63.9 Å². The summed E-state index contributed by atoms with van der Waals surface area (Å²) in [6.45, 7) is 1.94. The summed E-state index contributed by atoms with van der Waals surface area (Å²) in [7, 11) is 3.41. The molecule has 1 aromatic carbocycles. The molecule has 5 rings (SSSR count).